The van der Waals surface area contributed by atoms with Gasteiger partial charge in [0.1, 0.15) is 12.1 Å². The Hall–Kier alpha value is -2.83. The number of aromatic nitrogens is 2. The Labute approximate surface area is 191 Å². The summed E-state index contributed by atoms with van der Waals surface area (Å²) in [7, 11) is 1.67. The highest BCUT2D eigenvalue weighted by molar-refractivity contribution is 7.22. The van der Waals surface area contributed by atoms with Crippen LogP contribution in [0.3, 0.4) is 0 Å². The number of aryl methyl sites for hydroxylation is 1. The summed E-state index contributed by atoms with van der Waals surface area (Å²) in [5, 5.41) is 1.50. The van der Waals surface area contributed by atoms with Gasteiger partial charge in [0.2, 0.25) is 0 Å². The van der Waals surface area contributed by atoms with Gasteiger partial charge in [-0.2, -0.15) is 0 Å². The van der Waals surface area contributed by atoms with Gasteiger partial charge in [0.15, 0.2) is 16.6 Å². The van der Waals surface area contributed by atoms with Crippen LogP contribution in [0.2, 0.25) is 5.02 Å². The maximum Gasteiger partial charge on any atom is 0.186 e. The molecule has 0 saturated heterocycles. The molecule has 2 aromatic heterocycles. The van der Waals surface area contributed by atoms with Crippen LogP contribution in [0.4, 0.5) is 5.13 Å². The predicted molar refractivity (Wildman–Crippen MR) is 128 cm³/mol. The summed E-state index contributed by atoms with van der Waals surface area (Å²) >= 11 is 7.85. The van der Waals surface area contributed by atoms with Crippen molar-refractivity contribution in [2.75, 3.05) is 18.6 Å². The van der Waals surface area contributed by atoms with Crippen LogP contribution in [0.1, 0.15) is 23.6 Å². The molecule has 0 bridgehead atoms. The van der Waals surface area contributed by atoms with Crippen LogP contribution >= 0.6 is 22.9 Å². The number of halogens is 1. The smallest absolute Gasteiger partial charge is 0.186 e. The third-order valence-corrected chi connectivity index (χ3v) is 6.47. The maximum absolute atomic E-state index is 6.25. The van der Waals surface area contributed by atoms with E-state index in [2.05, 4.69) is 41.9 Å². The Morgan fingerprint density at radius 2 is 1.94 bits per heavy atom. The normalized spacial score (nSPS) is 11.0. The number of nitrogens with zero attached hydrogens (tertiary/aromatic N) is 3. The molecule has 5 nitrogen and oxygen atoms in total. The largest absolute Gasteiger partial charge is 0.493 e. The van der Waals surface area contributed by atoms with Gasteiger partial charge in [-0.25, -0.2) is 4.98 Å². The van der Waals surface area contributed by atoms with Crippen molar-refractivity contribution in [2.24, 2.45) is 0 Å². The van der Waals surface area contributed by atoms with E-state index in [1.165, 1.54) is 5.56 Å². The Kier molecular flexibility index (Phi) is 6.59. The fourth-order valence-corrected chi connectivity index (χ4v) is 4.62. The molecule has 0 aliphatic carbocycles. The minimum atomic E-state index is 0.504. The Balaban J connectivity index is 1.52. The lowest BCUT2D eigenvalue weighted by Gasteiger charge is -2.20. The van der Waals surface area contributed by atoms with Crippen molar-refractivity contribution < 1.29 is 9.47 Å². The standard InChI is InChI=1S/C24H24ClN3O2S/c1-4-28(24-27-23-19(25)12-26-13-22(23)31-24)14-17-9-10-20(21(11-17)29-3)30-15-18-8-6-5-7-16(18)2/h5-13H,4,14-15H2,1-3H3. The summed E-state index contributed by atoms with van der Waals surface area (Å²) < 4.78 is 12.6. The van der Waals surface area contributed by atoms with Crippen molar-refractivity contribution in [3.8, 4) is 11.5 Å². The summed E-state index contributed by atoms with van der Waals surface area (Å²) in [5.74, 6) is 1.45. The number of ether oxygens (including phenoxy) is 2. The van der Waals surface area contributed by atoms with Crippen molar-refractivity contribution in [1.29, 1.82) is 0 Å². The second-order valence-electron chi connectivity index (χ2n) is 7.18. The van der Waals surface area contributed by atoms with Crippen LogP contribution < -0.4 is 14.4 Å². The van der Waals surface area contributed by atoms with Crippen LogP contribution in [0, 0.1) is 6.92 Å². The number of methoxy groups -OCH3 is 1. The summed E-state index contributed by atoms with van der Waals surface area (Å²) in [5.41, 5.74) is 4.29. The Morgan fingerprint density at radius 3 is 2.68 bits per heavy atom. The van der Waals surface area contributed by atoms with E-state index in [0.29, 0.717) is 18.2 Å². The number of anilines is 1. The SMILES string of the molecule is CCN(Cc1ccc(OCc2ccccc2C)c(OC)c1)c1nc2c(Cl)cncc2s1. The van der Waals surface area contributed by atoms with E-state index < -0.39 is 0 Å². The Bertz CT molecular complexity index is 1190. The third-order valence-electron chi connectivity index (χ3n) is 5.15. The number of hydrogen-bond acceptors (Lipinski definition) is 6. The zero-order valence-corrected chi connectivity index (χ0v) is 19.3. The first kappa shape index (κ1) is 21.4. The molecule has 0 unspecified atom stereocenters. The average molecular weight is 454 g/mol. The lowest BCUT2D eigenvalue weighted by atomic mass is 10.1. The number of fused-ring (bicyclic) bond motifs is 1. The van der Waals surface area contributed by atoms with Crippen molar-refractivity contribution in [1.82, 2.24) is 9.97 Å². The van der Waals surface area contributed by atoms with Crippen LogP contribution in [-0.2, 0) is 13.2 Å². The third kappa shape index (κ3) is 4.75. The molecule has 0 spiro atoms. The van der Waals surface area contributed by atoms with Gasteiger partial charge in [-0.15, -0.1) is 0 Å². The lowest BCUT2D eigenvalue weighted by Crippen LogP contribution is -2.21. The van der Waals surface area contributed by atoms with Gasteiger partial charge >= 0.3 is 0 Å². The van der Waals surface area contributed by atoms with Crippen LogP contribution in [-0.4, -0.2) is 23.6 Å². The zero-order valence-electron chi connectivity index (χ0n) is 17.8. The topological polar surface area (TPSA) is 47.5 Å². The van der Waals surface area contributed by atoms with Crippen molar-refractivity contribution in [3.05, 3.63) is 76.6 Å². The molecule has 4 rings (SSSR count). The van der Waals surface area contributed by atoms with E-state index >= 15 is 0 Å². The first-order valence-corrected chi connectivity index (χ1v) is 11.3. The summed E-state index contributed by atoms with van der Waals surface area (Å²) in [6, 6.07) is 14.3. The van der Waals surface area contributed by atoms with Gasteiger partial charge in [0.25, 0.3) is 0 Å². The number of hydrogen-bond donors (Lipinski definition) is 0. The molecule has 0 atom stereocenters. The molecular weight excluding hydrogens is 430 g/mol. The van der Waals surface area contributed by atoms with Gasteiger partial charge < -0.3 is 14.4 Å². The van der Waals surface area contributed by atoms with Gasteiger partial charge in [0, 0.05) is 25.5 Å². The molecular formula is C24H24ClN3O2S. The van der Waals surface area contributed by atoms with Gasteiger partial charge in [-0.3, -0.25) is 4.98 Å². The van der Waals surface area contributed by atoms with Gasteiger partial charge in [-0.05, 0) is 42.7 Å². The van der Waals surface area contributed by atoms with Crippen molar-refractivity contribution in [2.45, 2.75) is 27.0 Å². The molecule has 7 heteroatoms. The highest BCUT2D eigenvalue weighted by Crippen LogP contribution is 2.34. The molecule has 2 heterocycles. The minimum absolute atomic E-state index is 0.504. The molecule has 160 valence electrons. The fraction of sp³-hybridized carbons (Fsp3) is 0.250. The molecule has 0 amide bonds. The van der Waals surface area contributed by atoms with E-state index in [9.17, 15) is 0 Å². The van der Waals surface area contributed by atoms with E-state index in [-0.39, 0.29) is 0 Å². The number of benzene rings is 2. The molecule has 4 aromatic rings. The van der Waals surface area contributed by atoms with E-state index in [4.69, 9.17) is 26.1 Å². The number of rotatable bonds is 8. The number of thiazole rings is 1. The van der Waals surface area contributed by atoms with E-state index in [1.54, 1.807) is 30.8 Å². The highest BCUT2D eigenvalue weighted by Gasteiger charge is 2.15. The first-order chi connectivity index (χ1) is 15.1. The lowest BCUT2D eigenvalue weighted by molar-refractivity contribution is 0.283. The maximum atomic E-state index is 6.25. The van der Waals surface area contributed by atoms with Crippen LogP contribution in [0.15, 0.2) is 54.9 Å². The molecule has 0 aliphatic rings. The van der Waals surface area contributed by atoms with Gasteiger partial charge in [-0.1, -0.05) is 53.3 Å². The average Bonchev–Trinajstić information content (AvgIpc) is 3.23. The molecule has 0 N–H and O–H groups in total. The Morgan fingerprint density at radius 1 is 1.10 bits per heavy atom. The molecule has 0 saturated carbocycles. The summed E-state index contributed by atoms with van der Waals surface area (Å²) in [6.07, 6.45) is 3.43. The quantitative estimate of drug-likeness (QED) is 0.314. The van der Waals surface area contributed by atoms with E-state index in [1.807, 2.05) is 24.3 Å². The van der Waals surface area contributed by atoms with E-state index in [0.717, 1.165) is 44.5 Å². The molecule has 0 fully saturated rings. The van der Waals surface area contributed by atoms with Crippen molar-refractivity contribution >= 4 is 38.3 Å². The summed E-state index contributed by atoms with van der Waals surface area (Å²) in [6.45, 7) is 6.23. The first-order valence-electron chi connectivity index (χ1n) is 10.1. The summed E-state index contributed by atoms with van der Waals surface area (Å²) in [4.78, 5) is 11.1. The molecule has 0 aliphatic heterocycles. The molecule has 2 aromatic carbocycles. The zero-order chi connectivity index (χ0) is 21.8. The van der Waals surface area contributed by atoms with Crippen LogP contribution in [0.25, 0.3) is 10.2 Å². The van der Waals surface area contributed by atoms with Crippen molar-refractivity contribution in [3.63, 3.8) is 0 Å². The van der Waals surface area contributed by atoms with Crippen LogP contribution in [0.5, 0.6) is 11.5 Å². The van der Waals surface area contributed by atoms with Gasteiger partial charge in [0.05, 0.1) is 16.8 Å². The fourth-order valence-electron chi connectivity index (χ4n) is 3.34. The monoisotopic (exact) mass is 453 g/mol. The second kappa shape index (κ2) is 9.54. The minimum Gasteiger partial charge on any atom is -0.493 e. The number of pyridine rings is 1. The predicted octanol–water partition coefficient (Wildman–Crippen LogP) is 6.27. The molecule has 31 heavy (non-hydrogen) atoms. The molecule has 0 radical (unpaired) electrons. The highest BCUT2D eigenvalue weighted by atomic mass is 35.5. The second-order valence-corrected chi connectivity index (χ2v) is 8.60.